The maximum absolute atomic E-state index is 5.82. The molecule has 1 heterocycles. The molecule has 1 aliphatic rings. The van der Waals surface area contributed by atoms with Gasteiger partial charge < -0.3 is 5.73 Å². The van der Waals surface area contributed by atoms with Crippen molar-refractivity contribution in [3.05, 3.63) is 41.7 Å². The third-order valence-electron chi connectivity index (χ3n) is 3.64. The van der Waals surface area contributed by atoms with Crippen LogP contribution in [0.3, 0.4) is 0 Å². The molecule has 2 N–H and O–H groups in total. The van der Waals surface area contributed by atoms with Gasteiger partial charge in [0.2, 0.25) is 0 Å². The number of aromatic nitrogens is 2. The lowest BCUT2D eigenvalue weighted by Gasteiger charge is -2.27. The molecule has 1 aromatic carbocycles. The Morgan fingerprint density at radius 3 is 2.61 bits per heavy atom. The van der Waals surface area contributed by atoms with Crippen molar-refractivity contribution < 1.29 is 0 Å². The van der Waals surface area contributed by atoms with Crippen molar-refractivity contribution in [3.63, 3.8) is 0 Å². The summed E-state index contributed by atoms with van der Waals surface area (Å²) in [6, 6.07) is 10.4. The average Bonchev–Trinajstić information content (AvgIpc) is 2.26. The van der Waals surface area contributed by atoms with Crippen molar-refractivity contribution in [2.45, 2.75) is 32.1 Å². The first-order valence-corrected chi connectivity index (χ1v) is 6.44. The summed E-state index contributed by atoms with van der Waals surface area (Å²) in [6.07, 6.45) is 3.91. The molecule has 0 amide bonds. The summed E-state index contributed by atoms with van der Waals surface area (Å²) in [7, 11) is 0. The number of hydrogen-bond acceptors (Lipinski definition) is 3. The van der Waals surface area contributed by atoms with Gasteiger partial charge >= 0.3 is 0 Å². The highest BCUT2D eigenvalue weighted by Crippen LogP contribution is 2.40. The minimum absolute atomic E-state index is 0.543. The molecule has 0 aliphatic heterocycles. The van der Waals surface area contributed by atoms with Crippen LogP contribution >= 0.6 is 0 Å². The van der Waals surface area contributed by atoms with Crippen molar-refractivity contribution >= 4 is 5.82 Å². The van der Waals surface area contributed by atoms with E-state index in [1.54, 1.807) is 0 Å². The second kappa shape index (κ2) is 4.41. The van der Waals surface area contributed by atoms with Crippen LogP contribution in [0.5, 0.6) is 0 Å². The molecule has 0 saturated heterocycles. The van der Waals surface area contributed by atoms with Crippen LogP contribution in [0.15, 0.2) is 30.3 Å². The lowest BCUT2D eigenvalue weighted by Crippen LogP contribution is -2.10. The van der Waals surface area contributed by atoms with E-state index in [9.17, 15) is 0 Å². The first-order chi connectivity index (χ1) is 8.74. The number of rotatable bonds is 2. The van der Waals surface area contributed by atoms with Crippen LogP contribution in [0.4, 0.5) is 5.82 Å². The summed E-state index contributed by atoms with van der Waals surface area (Å²) >= 11 is 0. The predicted molar refractivity (Wildman–Crippen MR) is 73.2 cm³/mol. The van der Waals surface area contributed by atoms with Gasteiger partial charge in [0.25, 0.3) is 0 Å². The SMILES string of the molecule is Cc1nc(N)cc(-c2ccccc2C2CCC2)n1. The van der Waals surface area contributed by atoms with Crippen molar-refractivity contribution in [1.82, 2.24) is 9.97 Å². The van der Waals surface area contributed by atoms with Crippen LogP contribution in [-0.2, 0) is 0 Å². The standard InChI is InChI=1S/C15H17N3/c1-10-17-14(9-15(16)18-10)13-8-3-2-7-12(13)11-5-4-6-11/h2-3,7-9,11H,4-6H2,1H3,(H2,16,17,18). The summed E-state index contributed by atoms with van der Waals surface area (Å²) in [5, 5.41) is 0. The molecule has 18 heavy (non-hydrogen) atoms. The predicted octanol–water partition coefficient (Wildman–Crippen LogP) is 3.30. The number of benzene rings is 1. The number of nitrogen functional groups attached to an aromatic ring is 1. The Balaban J connectivity index is 2.10. The minimum Gasteiger partial charge on any atom is -0.384 e. The zero-order chi connectivity index (χ0) is 12.5. The molecule has 92 valence electrons. The lowest BCUT2D eigenvalue weighted by molar-refractivity contribution is 0.420. The quantitative estimate of drug-likeness (QED) is 0.874. The normalized spacial score (nSPS) is 15.4. The molecule has 1 aromatic heterocycles. The molecule has 0 unspecified atom stereocenters. The van der Waals surface area contributed by atoms with Crippen LogP contribution in [0, 0.1) is 6.92 Å². The zero-order valence-corrected chi connectivity index (χ0v) is 10.6. The number of nitrogens with two attached hydrogens (primary N) is 1. The molecule has 1 saturated carbocycles. The van der Waals surface area contributed by atoms with Gasteiger partial charge in [-0.2, -0.15) is 0 Å². The van der Waals surface area contributed by atoms with Crippen molar-refractivity contribution in [1.29, 1.82) is 0 Å². The van der Waals surface area contributed by atoms with Crippen LogP contribution in [-0.4, -0.2) is 9.97 Å². The molecule has 3 heteroatoms. The maximum atomic E-state index is 5.82. The number of nitrogens with zero attached hydrogens (tertiary/aromatic N) is 2. The van der Waals surface area contributed by atoms with Gasteiger partial charge in [-0.05, 0) is 31.2 Å². The van der Waals surface area contributed by atoms with E-state index in [1.807, 2.05) is 13.0 Å². The van der Waals surface area contributed by atoms with Gasteiger partial charge in [-0.3, -0.25) is 0 Å². The zero-order valence-electron chi connectivity index (χ0n) is 10.6. The van der Waals surface area contributed by atoms with Crippen molar-refractivity contribution in [3.8, 4) is 11.3 Å². The molecular weight excluding hydrogens is 222 g/mol. The van der Waals surface area contributed by atoms with E-state index in [-0.39, 0.29) is 0 Å². The fourth-order valence-electron chi connectivity index (χ4n) is 2.53. The molecule has 1 fully saturated rings. The van der Waals surface area contributed by atoms with Gasteiger partial charge in [0.1, 0.15) is 11.6 Å². The van der Waals surface area contributed by atoms with Gasteiger partial charge in [-0.15, -0.1) is 0 Å². The topological polar surface area (TPSA) is 51.8 Å². The van der Waals surface area contributed by atoms with Crippen LogP contribution in [0.25, 0.3) is 11.3 Å². The van der Waals surface area contributed by atoms with Gasteiger partial charge in [-0.25, -0.2) is 9.97 Å². The summed E-state index contributed by atoms with van der Waals surface area (Å²) < 4.78 is 0. The number of hydrogen-bond donors (Lipinski definition) is 1. The van der Waals surface area contributed by atoms with Gasteiger partial charge in [0.05, 0.1) is 5.69 Å². The summed E-state index contributed by atoms with van der Waals surface area (Å²) in [5.41, 5.74) is 9.38. The van der Waals surface area contributed by atoms with E-state index in [2.05, 4.69) is 34.2 Å². The van der Waals surface area contributed by atoms with Crippen molar-refractivity contribution in [2.24, 2.45) is 0 Å². The Morgan fingerprint density at radius 1 is 1.17 bits per heavy atom. The Labute approximate surface area is 107 Å². The second-order valence-corrected chi connectivity index (χ2v) is 4.94. The molecule has 0 spiro atoms. The molecule has 1 aliphatic carbocycles. The third-order valence-corrected chi connectivity index (χ3v) is 3.64. The minimum atomic E-state index is 0.543. The highest BCUT2D eigenvalue weighted by Gasteiger charge is 2.22. The van der Waals surface area contributed by atoms with E-state index in [0.29, 0.717) is 11.7 Å². The Kier molecular flexibility index (Phi) is 2.74. The summed E-state index contributed by atoms with van der Waals surface area (Å²) in [4.78, 5) is 8.65. The Bertz CT molecular complexity index is 553. The smallest absolute Gasteiger partial charge is 0.128 e. The highest BCUT2D eigenvalue weighted by atomic mass is 14.9. The lowest BCUT2D eigenvalue weighted by atomic mass is 9.78. The van der Waals surface area contributed by atoms with E-state index >= 15 is 0 Å². The third kappa shape index (κ3) is 1.96. The Morgan fingerprint density at radius 2 is 1.94 bits per heavy atom. The second-order valence-electron chi connectivity index (χ2n) is 4.94. The average molecular weight is 239 g/mol. The largest absolute Gasteiger partial charge is 0.384 e. The summed E-state index contributed by atoms with van der Waals surface area (Å²) in [6.45, 7) is 1.88. The van der Waals surface area contributed by atoms with Gasteiger partial charge in [0.15, 0.2) is 0 Å². The summed E-state index contributed by atoms with van der Waals surface area (Å²) in [5.74, 6) is 1.96. The molecule has 0 radical (unpaired) electrons. The molecule has 2 aromatic rings. The molecule has 0 atom stereocenters. The van der Waals surface area contributed by atoms with Gasteiger partial charge in [0, 0.05) is 11.6 Å². The van der Waals surface area contributed by atoms with Crippen LogP contribution in [0.2, 0.25) is 0 Å². The van der Waals surface area contributed by atoms with E-state index in [0.717, 1.165) is 11.5 Å². The molecule has 0 bridgehead atoms. The van der Waals surface area contributed by atoms with E-state index in [4.69, 9.17) is 5.73 Å². The van der Waals surface area contributed by atoms with Crippen molar-refractivity contribution in [2.75, 3.05) is 5.73 Å². The first-order valence-electron chi connectivity index (χ1n) is 6.44. The van der Waals surface area contributed by atoms with Crippen LogP contribution in [0.1, 0.15) is 36.6 Å². The number of anilines is 1. The molecule has 3 nitrogen and oxygen atoms in total. The Hall–Kier alpha value is -1.90. The monoisotopic (exact) mass is 239 g/mol. The fourth-order valence-corrected chi connectivity index (χ4v) is 2.53. The molecule has 3 rings (SSSR count). The highest BCUT2D eigenvalue weighted by molar-refractivity contribution is 5.66. The van der Waals surface area contributed by atoms with Gasteiger partial charge in [-0.1, -0.05) is 30.7 Å². The fraction of sp³-hybridized carbons (Fsp3) is 0.333. The number of aryl methyl sites for hydroxylation is 1. The maximum Gasteiger partial charge on any atom is 0.128 e. The van der Waals surface area contributed by atoms with Crippen LogP contribution < -0.4 is 5.73 Å². The van der Waals surface area contributed by atoms with E-state index in [1.165, 1.54) is 30.4 Å². The van der Waals surface area contributed by atoms with E-state index < -0.39 is 0 Å². The molecular formula is C15H17N3. The first kappa shape index (κ1) is 11.2.